The first kappa shape index (κ1) is 20.6. The minimum atomic E-state index is -0.874. The quantitative estimate of drug-likeness (QED) is 0.366. The highest BCUT2D eigenvalue weighted by Crippen LogP contribution is 2.42. The monoisotopic (exact) mass is 444 g/mol. The molecular formula is C25H20N2O6. The number of ketones is 1. The second-order valence-corrected chi connectivity index (χ2v) is 7.56. The van der Waals surface area contributed by atoms with Crippen LogP contribution in [-0.4, -0.2) is 40.6 Å². The fraction of sp³-hybridized carbons (Fsp3) is 0.160. The van der Waals surface area contributed by atoms with Crippen LogP contribution in [0.5, 0.6) is 17.2 Å². The van der Waals surface area contributed by atoms with Crippen LogP contribution in [0.4, 0.5) is 0 Å². The Balaban J connectivity index is 1.63. The zero-order valence-corrected chi connectivity index (χ0v) is 17.7. The van der Waals surface area contributed by atoms with Crippen molar-refractivity contribution in [2.24, 2.45) is 0 Å². The van der Waals surface area contributed by atoms with Crippen molar-refractivity contribution in [2.45, 2.75) is 12.6 Å². The number of amides is 1. The number of aliphatic hydroxyl groups is 1. The van der Waals surface area contributed by atoms with E-state index in [1.54, 1.807) is 55.8 Å². The first-order valence-electron chi connectivity index (χ1n) is 10.3. The minimum Gasteiger partial charge on any atom is -0.507 e. The molecule has 0 aliphatic carbocycles. The van der Waals surface area contributed by atoms with Crippen molar-refractivity contribution in [1.29, 1.82) is 0 Å². The van der Waals surface area contributed by atoms with Crippen LogP contribution in [0.1, 0.15) is 22.9 Å². The van der Waals surface area contributed by atoms with Gasteiger partial charge in [0.2, 0.25) is 6.79 Å². The van der Waals surface area contributed by atoms with E-state index in [1.807, 2.05) is 18.2 Å². The number of fused-ring (bicyclic) bond motifs is 1. The molecule has 1 aromatic heterocycles. The molecule has 0 spiro atoms. The van der Waals surface area contributed by atoms with Gasteiger partial charge in [0.25, 0.3) is 11.7 Å². The molecule has 166 valence electrons. The Labute approximate surface area is 189 Å². The number of aromatic nitrogens is 1. The summed E-state index contributed by atoms with van der Waals surface area (Å²) >= 11 is 0. The lowest BCUT2D eigenvalue weighted by molar-refractivity contribution is -0.140. The summed E-state index contributed by atoms with van der Waals surface area (Å²) < 4.78 is 16.1. The van der Waals surface area contributed by atoms with Crippen LogP contribution in [-0.2, 0) is 16.1 Å². The van der Waals surface area contributed by atoms with Gasteiger partial charge in [-0.1, -0.05) is 24.3 Å². The Hall–Kier alpha value is -4.33. The normalized spacial score (nSPS) is 18.6. The number of Topliss-reactive ketones (excluding diaryl/α,β-unsaturated/α-hetero) is 1. The van der Waals surface area contributed by atoms with Gasteiger partial charge in [0, 0.05) is 17.3 Å². The molecule has 0 saturated carbocycles. The van der Waals surface area contributed by atoms with Gasteiger partial charge in [-0.2, -0.15) is 0 Å². The molecule has 8 heteroatoms. The summed E-state index contributed by atoms with van der Waals surface area (Å²) in [6, 6.07) is 16.5. The van der Waals surface area contributed by atoms with Gasteiger partial charge in [-0.25, -0.2) is 0 Å². The molecule has 33 heavy (non-hydrogen) atoms. The van der Waals surface area contributed by atoms with Crippen LogP contribution < -0.4 is 14.2 Å². The highest BCUT2D eigenvalue weighted by molar-refractivity contribution is 6.46. The highest BCUT2D eigenvalue weighted by atomic mass is 16.7. The summed E-state index contributed by atoms with van der Waals surface area (Å²) in [6.45, 7) is 0.185. The van der Waals surface area contributed by atoms with E-state index in [1.165, 1.54) is 4.90 Å². The van der Waals surface area contributed by atoms with Crippen molar-refractivity contribution < 1.29 is 28.9 Å². The number of hydrogen-bond acceptors (Lipinski definition) is 7. The molecule has 1 atom stereocenters. The van der Waals surface area contributed by atoms with Crippen molar-refractivity contribution in [2.75, 3.05) is 13.9 Å². The van der Waals surface area contributed by atoms with Gasteiger partial charge in [-0.05, 0) is 36.4 Å². The number of carbonyl (C=O) groups is 2. The Bertz CT molecular complexity index is 1270. The predicted molar refractivity (Wildman–Crippen MR) is 118 cm³/mol. The number of hydrogen-bond donors (Lipinski definition) is 1. The Morgan fingerprint density at radius 3 is 2.67 bits per heavy atom. The van der Waals surface area contributed by atoms with Crippen LogP contribution in [0.2, 0.25) is 0 Å². The molecule has 2 aromatic carbocycles. The molecule has 1 N–H and O–H groups in total. The van der Waals surface area contributed by atoms with Gasteiger partial charge in [0.05, 0.1) is 24.9 Å². The number of rotatable bonds is 5. The number of pyridine rings is 1. The molecule has 2 aliphatic heterocycles. The molecule has 1 saturated heterocycles. The van der Waals surface area contributed by atoms with Gasteiger partial charge < -0.3 is 24.2 Å². The number of nitrogens with zero attached hydrogens (tertiary/aromatic N) is 2. The maximum Gasteiger partial charge on any atom is 0.296 e. The van der Waals surface area contributed by atoms with Crippen LogP contribution in [0.15, 0.2) is 72.4 Å². The summed E-state index contributed by atoms with van der Waals surface area (Å²) in [4.78, 5) is 32.1. The van der Waals surface area contributed by atoms with E-state index < -0.39 is 17.7 Å². The van der Waals surface area contributed by atoms with E-state index in [0.29, 0.717) is 28.5 Å². The predicted octanol–water partition coefficient (Wildman–Crippen LogP) is 3.44. The summed E-state index contributed by atoms with van der Waals surface area (Å²) in [5.41, 5.74) is 1.50. The first-order chi connectivity index (χ1) is 16.1. The number of aliphatic hydroxyl groups excluding tert-OH is 1. The molecular weight excluding hydrogens is 424 g/mol. The van der Waals surface area contributed by atoms with E-state index >= 15 is 0 Å². The van der Waals surface area contributed by atoms with Gasteiger partial charge in [0.1, 0.15) is 17.6 Å². The second kappa shape index (κ2) is 8.31. The van der Waals surface area contributed by atoms with Crippen LogP contribution in [0.3, 0.4) is 0 Å². The SMILES string of the molecule is COc1ccccc1CN1C(=O)C(=O)/C(=C(\O)c2ccc3c(c2)OCO3)C1c1ccccn1. The maximum atomic E-state index is 13.2. The van der Waals surface area contributed by atoms with Crippen molar-refractivity contribution in [3.05, 3.63) is 89.3 Å². The number of ether oxygens (including phenoxy) is 3. The zero-order valence-electron chi connectivity index (χ0n) is 17.7. The Kier molecular flexibility index (Phi) is 5.18. The zero-order chi connectivity index (χ0) is 22.9. The van der Waals surface area contributed by atoms with Crippen molar-refractivity contribution in [3.63, 3.8) is 0 Å². The summed E-state index contributed by atoms with van der Waals surface area (Å²) in [5, 5.41) is 11.2. The van der Waals surface area contributed by atoms with E-state index in [4.69, 9.17) is 14.2 Å². The average Bonchev–Trinajstić information content (AvgIpc) is 3.42. The average molecular weight is 444 g/mol. The standard InChI is InChI=1S/C25H20N2O6/c1-31-18-8-3-2-6-16(18)13-27-22(17-7-4-5-11-26-17)21(24(29)25(27)30)23(28)15-9-10-19-20(12-15)33-14-32-19/h2-12,22,28H,13-14H2,1H3/b23-21-. The molecule has 5 rings (SSSR count). The summed E-state index contributed by atoms with van der Waals surface area (Å²) in [7, 11) is 1.54. The third-order valence-electron chi connectivity index (χ3n) is 5.69. The molecule has 0 bridgehead atoms. The van der Waals surface area contributed by atoms with Crippen molar-refractivity contribution in [1.82, 2.24) is 9.88 Å². The van der Waals surface area contributed by atoms with Crippen molar-refractivity contribution >= 4 is 17.4 Å². The van der Waals surface area contributed by atoms with Crippen molar-refractivity contribution in [3.8, 4) is 17.2 Å². The lowest BCUT2D eigenvalue weighted by Gasteiger charge is -2.25. The number of benzene rings is 2. The molecule has 1 fully saturated rings. The molecule has 2 aliphatic rings. The van der Waals surface area contributed by atoms with E-state index in [9.17, 15) is 14.7 Å². The molecule has 8 nitrogen and oxygen atoms in total. The second-order valence-electron chi connectivity index (χ2n) is 7.56. The minimum absolute atomic E-state index is 0.0348. The Morgan fingerprint density at radius 2 is 1.88 bits per heavy atom. The fourth-order valence-corrected chi connectivity index (χ4v) is 4.10. The maximum absolute atomic E-state index is 13.2. The third kappa shape index (κ3) is 3.55. The third-order valence-corrected chi connectivity index (χ3v) is 5.69. The summed E-state index contributed by atoms with van der Waals surface area (Å²) in [6.07, 6.45) is 1.58. The number of likely N-dealkylation sites (tertiary alicyclic amines) is 1. The molecule has 3 heterocycles. The smallest absolute Gasteiger partial charge is 0.296 e. The van der Waals surface area contributed by atoms with Gasteiger partial charge in [-0.3, -0.25) is 14.6 Å². The topological polar surface area (TPSA) is 98.2 Å². The number of methoxy groups -OCH3 is 1. The number of carbonyl (C=O) groups excluding carboxylic acids is 2. The molecule has 1 amide bonds. The van der Waals surface area contributed by atoms with Crippen LogP contribution in [0, 0.1) is 0 Å². The lowest BCUT2D eigenvalue weighted by atomic mass is 9.98. The van der Waals surface area contributed by atoms with E-state index in [-0.39, 0.29) is 24.7 Å². The Morgan fingerprint density at radius 1 is 1.09 bits per heavy atom. The van der Waals surface area contributed by atoms with Gasteiger partial charge >= 0.3 is 0 Å². The summed E-state index contributed by atoms with van der Waals surface area (Å²) in [5.74, 6) is -0.213. The van der Waals surface area contributed by atoms with Gasteiger partial charge in [-0.15, -0.1) is 0 Å². The lowest BCUT2D eigenvalue weighted by Crippen LogP contribution is -2.29. The van der Waals surface area contributed by atoms with E-state index in [2.05, 4.69) is 4.98 Å². The molecule has 1 unspecified atom stereocenters. The van der Waals surface area contributed by atoms with Gasteiger partial charge in [0.15, 0.2) is 11.5 Å². The molecule has 3 aromatic rings. The largest absolute Gasteiger partial charge is 0.507 e. The fourth-order valence-electron chi connectivity index (χ4n) is 4.10. The number of para-hydroxylation sites is 1. The first-order valence-corrected chi connectivity index (χ1v) is 10.3. The molecule has 0 radical (unpaired) electrons. The van der Waals surface area contributed by atoms with Crippen LogP contribution >= 0.6 is 0 Å². The van der Waals surface area contributed by atoms with E-state index in [0.717, 1.165) is 5.56 Å². The highest BCUT2D eigenvalue weighted by Gasteiger charge is 2.47. The van der Waals surface area contributed by atoms with Crippen LogP contribution in [0.25, 0.3) is 5.76 Å².